The highest BCUT2D eigenvalue weighted by Gasteiger charge is 2.31. The Morgan fingerprint density at radius 3 is 2.18 bits per heavy atom. The second-order valence-corrected chi connectivity index (χ2v) is 11.4. The van der Waals surface area contributed by atoms with Gasteiger partial charge in [-0.2, -0.15) is 0 Å². The smallest absolute Gasteiger partial charge is 0.244 e. The monoisotopic (exact) mass is 547 g/mol. The zero-order valence-corrected chi connectivity index (χ0v) is 22.5. The van der Waals surface area contributed by atoms with E-state index in [2.05, 4.69) is 5.32 Å². The molecule has 2 aromatic carbocycles. The summed E-state index contributed by atoms with van der Waals surface area (Å²) in [7, 11) is -3.91. The van der Waals surface area contributed by atoms with E-state index in [-0.39, 0.29) is 34.1 Å². The Kier molecular flexibility index (Phi) is 10.1. The number of benzene rings is 2. The molecule has 2 aromatic rings. The molecule has 0 aliphatic heterocycles. The van der Waals surface area contributed by atoms with Crippen LogP contribution in [0.3, 0.4) is 0 Å². The maximum atomic E-state index is 13.5. The van der Waals surface area contributed by atoms with Gasteiger partial charge in [0.1, 0.15) is 12.6 Å². The molecule has 0 aliphatic carbocycles. The van der Waals surface area contributed by atoms with E-state index in [4.69, 9.17) is 34.8 Å². The van der Waals surface area contributed by atoms with E-state index in [9.17, 15) is 18.0 Å². The fourth-order valence-electron chi connectivity index (χ4n) is 3.10. The second kappa shape index (κ2) is 12.1. The van der Waals surface area contributed by atoms with Crippen molar-refractivity contribution in [1.29, 1.82) is 0 Å². The van der Waals surface area contributed by atoms with E-state index in [0.717, 1.165) is 16.1 Å². The summed E-state index contributed by atoms with van der Waals surface area (Å²) in [5.74, 6) is -0.700. The van der Waals surface area contributed by atoms with Crippen molar-refractivity contribution >= 4 is 62.3 Å². The van der Waals surface area contributed by atoms with Gasteiger partial charge in [-0.05, 0) is 42.7 Å². The Morgan fingerprint density at radius 1 is 1.00 bits per heavy atom. The highest BCUT2D eigenvalue weighted by Crippen LogP contribution is 2.33. The summed E-state index contributed by atoms with van der Waals surface area (Å²) in [6.07, 6.45) is 0.972. The molecule has 186 valence electrons. The molecule has 34 heavy (non-hydrogen) atoms. The SMILES string of the molecule is CC(C)CNC(=O)[C@@H](C)N(Cc1ccc(Cl)cc1)C(=O)CN(c1cccc(Cl)c1Cl)S(C)(=O)=O. The number of hydrogen-bond acceptors (Lipinski definition) is 4. The van der Waals surface area contributed by atoms with E-state index >= 15 is 0 Å². The lowest BCUT2D eigenvalue weighted by Gasteiger charge is -2.32. The zero-order chi connectivity index (χ0) is 25.6. The van der Waals surface area contributed by atoms with Crippen molar-refractivity contribution in [3.05, 3.63) is 63.1 Å². The predicted octanol–water partition coefficient (Wildman–Crippen LogP) is 4.60. The van der Waals surface area contributed by atoms with Crippen molar-refractivity contribution in [2.24, 2.45) is 5.92 Å². The minimum atomic E-state index is -3.91. The third-order valence-corrected chi connectivity index (χ3v) is 7.18. The summed E-state index contributed by atoms with van der Waals surface area (Å²) in [6, 6.07) is 10.5. The van der Waals surface area contributed by atoms with E-state index in [1.54, 1.807) is 37.3 Å². The van der Waals surface area contributed by atoms with Crippen LogP contribution in [0, 0.1) is 5.92 Å². The van der Waals surface area contributed by atoms with Crippen LogP contribution in [0.4, 0.5) is 5.69 Å². The average molecular weight is 549 g/mol. The number of halogens is 3. The van der Waals surface area contributed by atoms with Gasteiger partial charge in [0.15, 0.2) is 0 Å². The molecule has 2 rings (SSSR count). The Morgan fingerprint density at radius 2 is 1.62 bits per heavy atom. The summed E-state index contributed by atoms with van der Waals surface area (Å²) in [5, 5.41) is 3.51. The molecule has 0 radical (unpaired) electrons. The number of carbonyl (C=O) groups is 2. The minimum Gasteiger partial charge on any atom is -0.354 e. The number of hydrogen-bond donors (Lipinski definition) is 1. The molecule has 0 fully saturated rings. The summed E-state index contributed by atoms with van der Waals surface area (Å²) in [4.78, 5) is 27.6. The highest BCUT2D eigenvalue weighted by atomic mass is 35.5. The largest absolute Gasteiger partial charge is 0.354 e. The Balaban J connectivity index is 2.40. The average Bonchev–Trinajstić information content (AvgIpc) is 2.76. The maximum absolute atomic E-state index is 13.5. The Bertz CT molecular complexity index is 1120. The number of rotatable bonds is 10. The van der Waals surface area contributed by atoms with Gasteiger partial charge in [-0.3, -0.25) is 13.9 Å². The van der Waals surface area contributed by atoms with Crippen LogP contribution in [0.15, 0.2) is 42.5 Å². The van der Waals surface area contributed by atoms with Crippen molar-refractivity contribution < 1.29 is 18.0 Å². The number of nitrogens with one attached hydrogen (secondary N) is 1. The van der Waals surface area contributed by atoms with Gasteiger partial charge in [-0.15, -0.1) is 0 Å². The normalized spacial score (nSPS) is 12.4. The molecule has 0 heterocycles. The molecule has 0 bridgehead atoms. The van der Waals surface area contributed by atoms with Crippen molar-refractivity contribution in [3.63, 3.8) is 0 Å². The van der Waals surface area contributed by atoms with Gasteiger partial charge in [0.2, 0.25) is 21.8 Å². The van der Waals surface area contributed by atoms with Gasteiger partial charge >= 0.3 is 0 Å². The maximum Gasteiger partial charge on any atom is 0.244 e. The quantitative estimate of drug-likeness (QED) is 0.470. The first kappa shape index (κ1) is 28.2. The van der Waals surface area contributed by atoms with Crippen LogP contribution in [0.5, 0.6) is 0 Å². The third-order valence-electron chi connectivity index (χ3n) is 5.00. The van der Waals surface area contributed by atoms with Crippen LogP contribution in [-0.4, -0.2) is 50.5 Å². The molecule has 1 N–H and O–H groups in total. The minimum absolute atomic E-state index is 0.00867. The summed E-state index contributed by atoms with van der Waals surface area (Å²) < 4.78 is 26.1. The lowest BCUT2D eigenvalue weighted by Crippen LogP contribution is -2.51. The zero-order valence-electron chi connectivity index (χ0n) is 19.4. The van der Waals surface area contributed by atoms with E-state index in [0.29, 0.717) is 11.6 Å². The molecule has 0 spiro atoms. The molecule has 11 heteroatoms. The number of nitrogens with zero attached hydrogens (tertiary/aromatic N) is 2. The molecule has 0 aliphatic rings. The van der Waals surface area contributed by atoms with Gasteiger partial charge in [-0.25, -0.2) is 8.42 Å². The lowest BCUT2D eigenvalue weighted by molar-refractivity contribution is -0.139. The fourth-order valence-corrected chi connectivity index (χ4v) is 4.53. The number of sulfonamides is 1. The van der Waals surface area contributed by atoms with Gasteiger partial charge in [0.05, 0.1) is 22.0 Å². The highest BCUT2D eigenvalue weighted by molar-refractivity contribution is 7.92. The Labute approximate surface area is 216 Å². The second-order valence-electron chi connectivity index (χ2n) is 8.31. The van der Waals surface area contributed by atoms with Crippen LogP contribution in [-0.2, 0) is 26.2 Å². The topological polar surface area (TPSA) is 86.8 Å². The van der Waals surface area contributed by atoms with Gasteiger partial charge < -0.3 is 10.2 Å². The van der Waals surface area contributed by atoms with Crippen molar-refractivity contribution in [3.8, 4) is 0 Å². The summed E-state index contributed by atoms with van der Waals surface area (Å²) in [6.45, 7) is 5.47. The van der Waals surface area contributed by atoms with Crippen LogP contribution >= 0.6 is 34.8 Å². The first-order valence-corrected chi connectivity index (χ1v) is 13.5. The van der Waals surface area contributed by atoms with Crippen LogP contribution in [0.1, 0.15) is 26.3 Å². The number of amides is 2. The number of anilines is 1. The van der Waals surface area contributed by atoms with E-state index < -0.39 is 28.5 Å². The van der Waals surface area contributed by atoms with Gasteiger partial charge in [0, 0.05) is 18.1 Å². The summed E-state index contributed by atoms with van der Waals surface area (Å²) >= 11 is 18.3. The van der Waals surface area contributed by atoms with E-state index in [1.807, 2.05) is 13.8 Å². The van der Waals surface area contributed by atoms with Crippen molar-refractivity contribution in [1.82, 2.24) is 10.2 Å². The third kappa shape index (κ3) is 7.77. The molecule has 0 aromatic heterocycles. The molecular formula is C23H28Cl3N3O4S. The van der Waals surface area contributed by atoms with Gasteiger partial charge in [0.25, 0.3) is 0 Å². The van der Waals surface area contributed by atoms with Crippen molar-refractivity contribution in [2.45, 2.75) is 33.4 Å². The Hall–Kier alpha value is -2.00. The van der Waals surface area contributed by atoms with E-state index in [1.165, 1.54) is 17.0 Å². The molecule has 2 amide bonds. The first-order chi connectivity index (χ1) is 15.8. The predicted molar refractivity (Wildman–Crippen MR) is 138 cm³/mol. The molecule has 7 nitrogen and oxygen atoms in total. The standard InChI is InChI=1S/C23H28Cl3N3O4S/c1-15(2)12-27-23(31)16(3)28(13-17-8-10-18(24)11-9-17)21(30)14-29(34(4,32)33)20-7-5-6-19(25)22(20)26/h5-11,15-16H,12-14H2,1-4H3,(H,27,31)/t16-/m1/s1. The summed E-state index contributed by atoms with van der Waals surface area (Å²) in [5.41, 5.74) is 0.807. The lowest BCUT2D eigenvalue weighted by atomic mass is 10.1. The van der Waals surface area contributed by atoms with Crippen LogP contribution in [0.25, 0.3) is 0 Å². The van der Waals surface area contributed by atoms with Gasteiger partial charge in [-0.1, -0.05) is 66.8 Å². The molecule has 0 saturated heterocycles. The molecule has 0 saturated carbocycles. The molecule has 0 unspecified atom stereocenters. The molecule has 1 atom stereocenters. The first-order valence-electron chi connectivity index (χ1n) is 10.5. The molecular weight excluding hydrogens is 521 g/mol. The van der Waals surface area contributed by atoms with Crippen LogP contribution < -0.4 is 9.62 Å². The van der Waals surface area contributed by atoms with Crippen LogP contribution in [0.2, 0.25) is 15.1 Å². The van der Waals surface area contributed by atoms with Crippen molar-refractivity contribution in [2.75, 3.05) is 23.7 Å². The fraction of sp³-hybridized carbons (Fsp3) is 0.391. The number of carbonyl (C=O) groups excluding carboxylic acids is 2.